The summed E-state index contributed by atoms with van der Waals surface area (Å²) < 4.78 is 0. The van der Waals surface area contributed by atoms with E-state index in [-0.39, 0.29) is 18.6 Å². The fourth-order valence-corrected chi connectivity index (χ4v) is 1.33. The fraction of sp³-hybridized carbons (Fsp3) is 0.900. The second-order valence-electron chi connectivity index (χ2n) is 3.48. The van der Waals surface area contributed by atoms with Gasteiger partial charge in [0.05, 0.1) is 12.6 Å². The summed E-state index contributed by atoms with van der Waals surface area (Å²) in [5.74, 6) is 0.368. The molecule has 0 aliphatic heterocycles. The Morgan fingerprint density at radius 1 is 1.46 bits per heavy atom. The molecule has 1 amide bonds. The zero-order chi connectivity index (χ0) is 10.3. The van der Waals surface area contributed by atoms with E-state index < -0.39 is 0 Å². The van der Waals surface area contributed by atoms with Gasteiger partial charge in [-0.05, 0) is 12.3 Å². The molecule has 0 aromatic carbocycles. The van der Waals surface area contributed by atoms with Crippen LogP contribution in [0.25, 0.3) is 0 Å². The Hall–Kier alpha value is -0.570. The zero-order valence-electron chi connectivity index (χ0n) is 8.84. The highest BCUT2D eigenvalue weighted by Crippen LogP contribution is 2.10. The summed E-state index contributed by atoms with van der Waals surface area (Å²) in [7, 11) is 0. The number of aliphatic hydroxyl groups is 1. The monoisotopic (exact) mass is 187 g/mol. The summed E-state index contributed by atoms with van der Waals surface area (Å²) in [6, 6.07) is -0.0765. The number of rotatable bonds is 6. The van der Waals surface area contributed by atoms with Crippen molar-refractivity contribution in [1.82, 2.24) is 5.32 Å². The third-order valence-corrected chi connectivity index (χ3v) is 2.30. The van der Waals surface area contributed by atoms with Gasteiger partial charge in [-0.15, -0.1) is 0 Å². The van der Waals surface area contributed by atoms with Crippen molar-refractivity contribution in [3.8, 4) is 0 Å². The third kappa shape index (κ3) is 4.88. The van der Waals surface area contributed by atoms with Crippen molar-refractivity contribution in [3.05, 3.63) is 0 Å². The molecule has 0 fully saturated rings. The van der Waals surface area contributed by atoms with E-state index in [0.29, 0.717) is 12.3 Å². The van der Waals surface area contributed by atoms with Crippen LogP contribution in [0.5, 0.6) is 0 Å². The standard InChI is InChI=1S/C10H21NO2/c1-4-6-8(3)9(7-12)11-10(13)5-2/h8-9,12H,4-7H2,1-3H3,(H,11,13). The molecule has 0 heterocycles. The van der Waals surface area contributed by atoms with E-state index in [4.69, 9.17) is 5.11 Å². The molecule has 0 aliphatic carbocycles. The first-order chi connectivity index (χ1) is 6.15. The minimum Gasteiger partial charge on any atom is -0.394 e. The number of hydrogen-bond donors (Lipinski definition) is 2. The summed E-state index contributed by atoms with van der Waals surface area (Å²) >= 11 is 0. The predicted molar refractivity (Wildman–Crippen MR) is 53.4 cm³/mol. The van der Waals surface area contributed by atoms with Crippen LogP contribution >= 0.6 is 0 Å². The molecule has 78 valence electrons. The van der Waals surface area contributed by atoms with Crippen LogP contribution in [0.15, 0.2) is 0 Å². The maximum Gasteiger partial charge on any atom is 0.220 e. The lowest BCUT2D eigenvalue weighted by Crippen LogP contribution is -2.41. The van der Waals surface area contributed by atoms with Crippen LogP contribution < -0.4 is 5.32 Å². The van der Waals surface area contributed by atoms with Crippen LogP contribution in [-0.4, -0.2) is 23.7 Å². The molecule has 0 bridgehead atoms. The van der Waals surface area contributed by atoms with Gasteiger partial charge in [0.2, 0.25) is 5.91 Å². The average molecular weight is 187 g/mol. The van der Waals surface area contributed by atoms with E-state index in [2.05, 4.69) is 19.2 Å². The van der Waals surface area contributed by atoms with Crippen LogP contribution in [0.2, 0.25) is 0 Å². The van der Waals surface area contributed by atoms with Gasteiger partial charge >= 0.3 is 0 Å². The molecule has 0 aromatic heterocycles. The number of carbonyl (C=O) groups excluding carboxylic acids is 1. The number of hydrogen-bond acceptors (Lipinski definition) is 2. The lowest BCUT2D eigenvalue weighted by molar-refractivity contribution is -0.122. The van der Waals surface area contributed by atoms with Crippen molar-refractivity contribution < 1.29 is 9.90 Å². The molecule has 13 heavy (non-hydrogen) atoms. The maximum absolute atomic E-state index is 11.1. The molecule has 2 unspecified atom stereocenters. The van der Waals surface area contributed by atoms with E-state index in [9.17, 15) is 4.79 Å². The van der Waals surface area contributed by atoms with Gasteiger partial charge in [-0.3, -0.25) is 4.79 Å². The number of nitrogens with one attached hydrogen (secondary N) is 1. The summed E-state index contributed by atoms with van der Waals surface area (Å²) in [6.07, 6.45) is 2.60. The van der Waals surface area contributed by atoms with Gasteiger partial charge in [-0.25, -0.2) is 0 Å². The highest BCUT2D eigenvalue weighted by Gasteiger charge is 2.16. The summed E-state index contributed by atoms with van der Waals surface area (Å²) in [4.78, 5) is 11.1. The molecule has 0 aromatic rings. The normalized spacial score (nSPS) is 15.1. The smallest absolute Gasteiger partial charge is 0.220 e. The van der Waals surface area contributed by atoms with Crippen LogP contribution in [0, 0.1) is 5.92 Å². The molecule has 0 aliphatic rings. The van der Waals surface area contributed by atoms with Gasteiger partial charge in [-0.1, -0.05) is 27.2 Å². The topological polar surface area (TPSA) is 49.3 Å². The van der Waals surface area contributed by atoms with Crippen molar-refractivity contribution in [2.75, 3.05) is 6.61 Å². The first-order valence-corrected chi connectivity index (χ1v) is 5.05. The van der Waals surface area contributed by atoms with Crippen LogP contribution in [0.1, 0.15) is 40.0 Å². The summed E-state index contributed by atoms with van der Waals surface area (Å²) in [5, 5.41) is 11.9. The van der Waals surface area contributed by atoms with Gasteiger partial charge in [0, 0.05) is 6.42 Å². The molecule has 0 rings (SSSR count). The first-order valence-electron chi connectivity index (χ1n) is 5.05. The van der Waals surface area contributed by atoms with E-state index >= 15 is 0 Å². The van der Waals surface area contributed by atoms with Crippen LogP contribution in [0.3, 0.4) is 0 Å². The molecule has 3 nitrogen and oxygen atoms in total. The van der Waals surface area contributed by atoms with E-state index in [1.807, 2.05) is 6.92 Å². The van der Waals surface area contributed by atoms with Gasteiger partial charge in [0.25, 0.3) is 0 Å². The van der Waals surface area contributed by atoms with Crippen molar-refractivity contribution in [2.45, 2.75) is 46.1 Å². The molecule has 0 spiro atoms. The lowest BCUT2D eigenvalue weighted by Gasteiger charge is -2.22. The van der Waals surface area contributed by atoms with E-state index in [1.165, 1.54) is 0 Å². The number of aliphatic hydroxyl groups excluding tert-OH is 1. The van der Waals surface area contributed by atoms with Crippen molar-refractivity contribution in [1.29, 1.82) is 0 Å². The zero-order valence-corrected chi connectivity index (χ0v) is 8.84. The molecular formula is C10H21NO2. The first kappa shape index (κ1) is 12.4. The van der Waals surface area contributed by atoms with Gasteiger partial charge in [-0.2, -0.15) is 0 Å². The second kappa shape index (κ2) is 6.89. The third-order valence-electron chi connectivity index (χ3n) is 2.30. The SMILES string of the molecule is CCCC(C)C(CO)NC(=O)CC. The predicted octanol–water partition coefficient (Wildman–Crippen LogP) is 1.31. The highest BCUT2D eigenvalue weighted by atomic mass is 16.3. The molecule has 0 saturated carbocycles. The summed E-state index contributed by atoms with van der Waals surface area (Å²) in [6.45, 7) is 6.01. The molecule has 0 saturated heterocycles. The molecular weight excluding hydrogens is 166 g/mol. The highest BCUT2D eigenvalue weighted by molar-refractivity contribution is 5.75. The van der Waals surface area contributed by atoms with E-state index in [1.54, 1.807) is 0 Å². The van der Waals surface area contributed by atoms with Crippen molar-refractivity contribution >= 4 is 5.91 Å². The fourth-order valence-electron chi connectivity index (χ4n) is 1.33. The largest absolute Gasteiger partial charge is 0.394 e. The molecule has 2 N–H and O–H groups in total. The van der Waals surface area contributed by atoms with Crippen molar-refractivity contribution in [2.24, 2.45) is 5.92 Å². The lowest BCUT2D eigenvalue weighted by atomic mass is 9.97. The minimum atomic E-state index is -0.0765. The minimum absolute atomic E-state index is 0.0157. The number of amides is 1. The Morgan fingerprint density at radius 3 is 2.46 bits per heavy atom. The number of carbonyl (C=O) groups is 1. The van der Waals surface area contributed by atoms with Crippen LogP contribution in [-0.2, 0) is 4.79 Å². The molecule has 2 atom stereocenters. The Kier molecular flexibility index (Phi) is 6.59. The van der Waals surface area contributed by atoms with Gasteiger partial charge in [0.15, 0.2) is 0 Å². The Balaban J connectivity index is 3.93. The maximum atomic E-state index is 11.1. The quantitative estimate of drug-likeness (QED) is 0.658. The summed E-state index contributed by atoms with van der Waals surface area (Å²) in [5.41, 5.74) is 0. The van der Waals surface area contributed by atoms with Crippen molar-refractivity contribution in [3.63, 3.8) is 0 Å². The second-order valence-corrected chi connectivity index (χ2v) is 3.48. The molecule has 0 radical (unpaired) electrons. The Labute approximate surface area is 80.5 Å². The molecule has 3 heteroatoms. The Bertz CT molecular complexity index is 148. The Morgan fingerprint density at radius 2 is 2.08 bits per heavy atom. The van der Waals surface area contributed by atoms with E-state index in [0.717, 1.165) is 12.8 Å². The van der Waals surface area contributed by atoms with Crippen LogP contribution in [0.4, 0.5) is 0 Å². The van der Waals surface area contributed by atoms with Gasteiger partial charge in [0.1, 0.15) is 0 Å². The van der Waals surface area contributed by atoms with Gasteiger partial charge < -0.3 is 10.4 Å². The average Bonchev–Trinajstić information content (AvgIpc) is 2.14.